The Hall–Kier alpha value is -4.36. The molecule has 5 rings (SSSR count). The quantitative estimate of drug-likeness (QED) is 0.321. The number of rotatable bonds is 6. The van der Waals surface area contributed by atoms with Crippen LogP contribution >= 0.6 is 11.8 Å². The van der Waals surface area contributed by atoms with Gasteiger partial charge < -0.3 is 9.52 Å². The molecule has 0 saturated carbocycles. The fourth-order valence-electron chi connectivity index (χ4n) is 3.70. The molecule has 0 bridgehead atoms. The molecule has 0 atom stereocenters. The minimum atomic E-state index is -1.03. The molecule has 3 aromatic carbocycles. The maximum atomic E-state index is 13.4. The van der Waals surface area contributed by atoms with Gasteiger partial charge in [-0.3, -0.25) is 9.69 Å². The van der Waals surface area contributed by atoms with Gasteiger partial charge in [0.2, 0.25) is 0 Å². The van der Waals surface area contributed by atoms with Crippen LogP contribution in [0, 0.1) is 0 Å². The van der Waals surface area contributed by atoms with Gasteiger partial charge in [-0.1, -0.05) is 66.7 Å². The number of amides is 1. The van der Waals surface area contributed by atoms with Crippen LogP contribution in [0.25, 0.3) is 17.4 Å². The third-order valence-electron chi connectivity index (χ3n) is 5.38. The van der Waals surface area contributed by atoms with Crippen molar-refractivity contribution >= 4 is 40.6 Å². The summed E-state index contributed by atoms with van der Waals surface area (Å²) in [6, 6.07) is 29.3. The maximum Gasteiger partial charge on any atom is 0.336 e. The Morgan fingerprint density at radius 3 is 2.34 bits per heavy atom. The summed E-state index contributed by atoms with van der Waals surface area (Å²) in [6.07, 6.45) is 1.67. The van der Waals surface area contributed by atoms with E-state index < -0.39 is 5.97 Å². The summed E-state index contributed by atoms with van der Waals surface area (Å²) in [7, 11) is 0. The van der Waals surface area contributed by atoms with E-state index in [-0.39, 0.29) is 11.5 Å². The van der Waals surface area contributed by atoms with E-state index in [9.17, 15) is 14.7 Å². The van der Waals surface area contributed by atoms with Gasteiger partial charge in [-0.15, -0.1) is 0 Å². The van der Waals surface area contributed by atoms with Crippen molar-refractivity contribution in [2.45, 2.75) is 6.54 Å². The number of thioether (sulfide) groups is 1. The number of amidine groups is 1. The lowest BCUT2D eigenvalue weighted by Crippen LogP contribution is -2.28. The molecule has 1 aliphatic heterocycles. The molecule has 1 saturated heterocycles. The molecule has 4 aromatic rings. The normalized spacial score (nSPS) is 15.8. The molecule has 1 N–H and O–H groups in total. The van der Waals surface area contributed by atoms with Gasteiger partial charge in [0, 0.05) is 11.6 Å². The Kier molecular flexibility index (Phi) is 6.32. The number of para-hydroxylation sites is 1. The van der Waals surface area contributed by atoms with Gasteiger partial charge in [-0.2, -0.15) is 0 Å². The molecule has 0 radical (unpaired) electrons. The highest BCUT2D eigenvalue weighted by Crippen LogP contribution is 2.36. The molecule has 1 amide bonds. The first kappa shape index (κ1) is 22.4. The number of furan rings is 1. The molecule has 0 spiro atoms. The molecule has 1 aromatic heterocycles. The molecule has 7 heteroatoms. The largest absolute Gasteiger partial charge is 0.478 e. The van der Waals surface area contributed by atoms with Crippen LogP contribution in [-0.2, 0) is 11.3 Å². The van der Waals surface area contributed by atoms with Crippen molar-refractivity contribution in [1.82, 2.24) is 4.90 Å². The average Bonchev–Trinajstić information content (AvgIpc) is 3.46. The standard InChI is InChI=1S/C28H20N2O4S/c31-26-25(17-21-15-16-24(34-21)22-13-7-8-14-23(22)27(32)33)35-28(29-20-11-5-2-6-12-20)30(26)18-19-9-3-1-4-10-19/h1-17H,18H2,(H,32,33). The molecule has 1 fully saturated rings. The molecular formula is C28H20N2O4S. The van der Waals surface area contributed by atoms with Crippen LogP contribution in [0.1, 0.15) is 21.7 Å². The molecule has 172 valence electrons. The number of hydrogen-bond donors (Lipinski definition) is 1. The van der Waals surface area contributed by atoms with Crippen molar-refractivity contribution in [3.8, 4) is 11.3 Å². The number of carboxylic acid groups (broad SMARTS) is 1. The summed E-state index contributed by atoms with van der Waals surface area (Å²) in [5, 5.41) is 10.1. The molecule has 35 heavy (non-hydrogen) atoms. The summed E-state index contributed by atoms with van der Waals surface area (Å²) in [4.78, 5) is 31.8. The van der Waals surface area contributed by atoms with Crippen molar-refractivity contribution in [2.75, 3.05) is 0 Å². The van der Waals surface area contributed by atoms with E-state index in [1.807, 2.05) is 60.7 Å². The first-order chi connectivity index (χ1) is 17.1. The zero-order valence-corrected chi connectivity index (χ0v) is 19.3. The van der Waals surface area contributed by atoms with Crippen molar-refractivity contribution in [3.05, 3.63) is 119 Å². The molecular weight excluding hydrogens is 460 g/mol. The van der Waals surface area contributed by atoms with E-state index in [1.54, 1.807) is 41.3 Å². The van der Waals surface area contributed by atoms with Crippen molar-refractivity contribution in [2.24, 2.45) is 4.99 Å². The second-order valence-corrected chi connectivity index (χ2v) is 8.78. The van der Waals surface area contributed by atoms with Gasteiger partial charge in [0.25, 0.3) is 5.91 Å². The highest BCUT2D eigenvalue weighted by atomic mass is 32.2. The Labute approximate surface area is 206 Å². The first-order valence-corrected chi connectivity index (χ1v) is 11.7. The summed E-state index contributed by atoms with van der Waals surface area (Å²) in [5.74, 6) is -0.324. The zero-order valence-electron chi connectivity index (χ0n) is 18.5. The summed E-state index contributed by atoms with van der Waals surface area (Å²) < 4.78 is 5.91. The van der Waals surface area contributed by atoms with Crippen molar-refractivity contribution in [3.63, 3.8) is 0 Å². The van der Waals surface area contributed by atoms with Gasteiger partial charge >= 0.3 is 5.97 Å². The van der Waals surface area contributed by atoms with E-state index in [4.69, 9.17) is 9.41 Å². The number of carbonyl (C=O) groups excluding carboxylic acids is 1. The number of carboxylic acids is 1. The lowest BCUT2D eigenvalue weighted by atomic mass is 10.1. The first-order valence-electron chi connectivity index (χ1n) is 10.9. The number of benzene rings is 3. The number of hydrogen-bond acceptors (Lipinski definition) is 5. The van der Waals surface area contributed by atoms with Crippen molar-refractivity contribution < 1.29 is 19.1 Å². The third kappa shape index (κ3) is 4.95. The highest BCUT2D eigenvalue weighted by Gasteiger charge is 2.33. The maximum absolute atomic E-state index is 13.4. The second-order valence-electron chi connectivity index (χ2n) is 7.77. The molecule has 6 nitrogen and oxygen atoms in total. The van der Waals surface area contributed by atoms with Gasteiger partial charge in [0.1, 0.15) is 11.5 Å². The lowest BCUT2D eigenvalue weighted by molar-refractivity contribution is -0.122. The predicted molar refractivity (Wildman–Crippen MR) is 137 cm³/mol. The van der Waals surface area contributed by atoms with E-state index in [1.165, 1.54) is 17.8 Å². The number of aromatic carboxylic acids is 1. The van der Waals surface area contributed by atoms with Gasteiger partial charge in [-0.25, -0.2) is 9.79 Å². The fourth-order valence-corrected chi connectivity index (χ4v) is 4.68. The number of nitrogens with zero attached hydrogens (tertiary/aromatic N) is 2. The van der Waals surface area contributed by atoms with Crippen LogP contribution in [0.3, 0.4) is 0 Å². The van der Waals surface area contributed by atoms with E-state index in [2.05, 4.69) is 0 Å². The van der Waals surface area contributed by atoms with E-state index in [0.717, 1.165) is 11.3 Å². The van der Waals surface area contributed by atoms with Crippen molar-refractivity contribution in [1.29, 1.82) is 0 Å². The Morgan fingerprint density at radius 2 is 1.60 bits per heavy atom. The van der Waals surface area contributed by atoms with Crippen LogP contribution in [0.2, 0.25) is 0 Å². The summed E-state index contributed by atoms with van der Waals surface area (Å²) >= 11 is 1.28. The van der Waals surface area contributed by atoms with Gasteiger partial charge in [0.05, 0.1) is 22.7 Å². The Morgan fingerprint density at radius 1 is 0.914 bits per heavy atom. The van der Waals surface area contributed by atoms with Gasteiger partial charge in [0.15, 0.2) is 5.17 Å². The molecule has 0 unspecified atom stereocenters. The lowest BCUT2D eigenvalue weighted by Gasteiger charge is -2.15. The monoisotopic (exact) mass is 480 g/mol. The number of aliphatic imine (C=N–C) groups is 1. The average molecular weight is 481 g/mol. The number of carbonyl (C=O) groups is 2. The molecule has 0 aliphatic carbocycles. The minimum absolute atomic E-state index is 0.152. The summed E-state index contributed by atoms with van der Waals surface area (Å²) in [5.41, 5.74) is 2.38. The smallest absolute Gasteiger partial charge is 0.336 e. The van der Waals surface area contributed by atoms with E-state index >= 15 is 0 Å². The molecule has 2 heterocycles. The highest BCUT2D eigenvalue weighted by molar-refractivity contribution is 8.18. The van der Waals surface area contributed by atoms with Crippen LogP contribution in [0.4, 0.5) is 5.69 Å². The SMILES string of the molecule is O=C(O)c1ccccc1-c1ccc(C=C2SC(=Nc3ccccc3)N(Cc3ccccc3)C2=O)o1. The predicted octanol–water partition coefficient (Wildman–Crippen LogP) is 6.45. The molecule has 1 aliphatic rings. The van der Waals surface area contributed by atoms with E-state index in [0.29, 0.717) is 33.7 Å². The Bertz CT molecular complexity index is 1440. The second kappa shape index (κ2) is 9.87. The zero-order chi connectivity index (χ0) is 24.2. The van der Waals surface area contributed by atoms with Crippen LogP contribution in [-0.4, -0.2) is 27.1 Å². The minimum Gasteiger partial charge on any atom is -0.478 e. The van der Waals surface area contributed by atoms with Gasteiger partial charge in [-0.05, 0) is 47.7 Å². The van der Waals surface area contributed by atoms with Crippen LogP contribution < -0.4 is 0 Å². The van der Waals surface area contributed by atoms with Crippen LogP contribution in [0.15, 0.2) is 111 Å². The topological polar surface area (TPSA) is 83.1 Å². The third-order valence-corrected chi connectivity index (χ3v) is 6.38. The summed E-state index contributed by atoms with van der Waals surface area (Å²) in [6.45, 7) is 0.394. The fraction of sp³-hybridized carbons (Fsp3) is 0.0357. The Balaban J connectivity index is 1.47. The van der Waals surface area contributed by atoms with Crippen LogP contribution in [0.5, 0.6) is 0 Å².